The molecule has 0 atom stereocenters. The van der Waals surface area contributed by atoms with Gasteiger partial charge < -0.3 is 0 Å². The zero-order valence-corrected chi connectivity index (χ0v) is 8.82. The quantitative estimate of drug-likeness (QED) is 0.332. The molecule has 0 aliphatic rings. The Hall–Kier alpha value is -1.50. The Kier molecular flexibility index (Phi) is 11.2. The summed E-state index contributed by atoms with van der Waals surface area (Å²) in [5, 5.41) is 0. The Morgan fingerprint density at radius 2 is 1.67 bits per heavy atom. The maximum Gasteiger partial charge on any atom is 0.239 e. The summed E-state index contributed by atoms with van der Waals surface area (Å²) in [5.74, 6) is 0. The largest absolute Gasteiger partial charge is 0.239 e. The summed E-state index contributed by atoms with van der Waals surface area (Å²) in [5.41, 5.74) is 0. The second-order valence-corrected chi connectivity index (χ2v) is 3.13. The van der Waals surface area contributed by atoms with Gasteiger partial charge in [-0.15, -0.1) is 0 Å². The van der Waals surface area contributed by atoms with Crippen molar-refractivity contribution in [2.45, 2.75) is 38.5 Å². The van der Waals surface area contributed by atoms with Crippen LogP contribution in [0.2, 0.25) is 0 Å². The third-order valence-corrected chi connectivity index (χ3v) is 1.94. The highest BCUT2D eigenvalue weighted by Crippen LogP contribution is 2.05. The van der Waals surface area contributed by atoms with E-state index in [1.807, 2.05) is 6.08 Å². The number of isocyanates is 2. The number of nitrogens with zero attached hydrogens (tertiary/aromatic N) is 2. The first-order valence-corrected chi connectivity index (χ1v) is 5.17. The van der Waals surface area contributed by atoms with Gasteiger partial charge in [-0.1, -0.05) is 25.3 Å². The highest BCUT2D eigenvalue weighted by Gasteiger charge is 1.88. The molecule has 0 radical (unpaired) electrons. The fraction of sp³-hybridized carbons (Fsp3) is 0.636. The van der Waals surface area contributed by atoms with Crippen molar-refractivity contribution < 1.29 is 9.59 Å². The van der Waals surface area contributed by atoms with Crippen molar-refractivity contribution in [2.75, 3.05) is 6.54 Å². The number of rotatable bonds is 9. The predicted molar refractivity (Wildman–Crippen MR) is 58.0 cm³/mol. The Bertz CT molecular complexity index is 262. The molecule has 4 heteroatoms. The van der Waals surface area contributed by atoms with Crippen LogP contribution < -0.4 is 0 Å². The van der Waals surface area contributed by atoms with Crippen LogP contribution in [-0.2, 0) is 9.59 Å². The standard InChI is InChI=1S/C11H16N2O2/c14-10-12-8-6-4-2-1-3-5-7-9-13-11-15/h6,8H,1-5,7,9H2. The molecule has 0 saturated heterocycles. The van der Waals surface area contributed by atoms with E-state index in [0.29, 0.717) is 6.54 Å². The highest BCUT2D eigenvalue weighted by molar-refractivity contribution is 5.34. The first-order valence-electron chi connectivity index (χ1n) is 5.17. The molecular weight excluding hydrogens is 192 g/mol. The summed E-state index contributed by atoms with van der Waals surface area (Å²) in [6, 6.07) is 0. The van der Waals surface area contributed by atoms with Crippen LogP contribution in [0.15, 0.2) is 22.3 Å². The van der Waals surface area contributed by atoms with E-state index in [-0.39, 0.29) is 0 Å². The van der Waals surface area contributed by atoms with Crippen molar-refractivity contribution in [3.05, 3.63) is 12.3 Å². The zero-order valence-electron chi connectivity index (χ0n) is 8.82. The SMILES string of the molecule is O=C=NC=CCCCCCCCN=C=O. The molecule has 4 nitrogen and oxygen atoms in total. The minimum absolute atomic E-state index is 0.595. The van der Waals surface area contributed by atoms with E-state index in [2.05, 4.69) is 9.98 Å². The lowest BCUT2D eigenvalue weighted by molar-refractivity contribution is 0.560. The van der Waals surface area contributed by atoms with Gasteiger partial charge in [0.1, 0.15) is 0 Å². The van der Waals surface area contributed by atoms with Crippen LogP contribution in [0.5, 0.6) is 0 Å². The van der Waals surface area contributed by atoms with Gasteiger partial charge in [-0.25, -0.2) is 14.6 Å². The van der Waals surface area contributed by atoms with Crippen LogP contribution in [0.25, 0.3) is 0 Å². The maximum absolute atomic E-state index is 9.73. The van der Waals surface area contributed by atoms with E-state index in [0.717, 1.165) is 38.5 Å². The number of unbranched alkanes of at least 4 members (excludes halogenated alkanes) is 5. The van der Waals surface area contributed by atoms with E-state index in [1.165, 1.54) is 18.4 Å². The molecule has 0 N–H and O–H groups in total. The van der Waals surface area contributed by atoms with Gasteiger partial charge in [0.05, 0.1) is 6.54 Å². The smallest absolute Gasteiger partial charge is 0.211 e. The number of hydrogen-bond acceptors (Lipinski definition) is 4. The fourth-order valence-electron chi connectivity index (χ4n) is 1.19. The van der Waals surface area contributed by atoms with Gasteiger partial charge in [0.25, 0.3) is 0 Å². The molecule has 0 spiro atoms. The van der Waals surface area contributed by atoms with Crippen LogP contribution in [0.1, 0.15) is 38.5 Å². The van der Waals surface area contributed by atoms with Crippen LogP contribution >= 0.6 is 0 Å². The molecule has 0 aromatic heterocycles. The molecule has 0 amide bonds. The monoisotopic (exact) mass is 208 g/mol. The minimum Gasteiger partial charge on any atom is -0.211 e. The summed E-state index contributed by atoms with van der Waals surface area (Å²) >= 11 is 0. The molecule has 0 aromatic rings. The summed E-state index contributed by atoms with van der Waals surface area (Å²) in [4.78, 5) is 26.2. The lowest BCUT2D eigenvalue weighted by atomic mass is 10.1. The molecule has 15 heavy (non-hydrogen) atoms. The van der Waals surface area contributed by atoms with Crippen molar-refractivity contribution in [1.29, 1.82) is 0 Å². The van der Waals surface area contributed by atoms with Gasteiger partial charge >= 0.3 is 0 Å². The van der Waals surface area contributed by atoms with E-state index >= 15 is 0 Å². The van der Waals surface area contributed by atoms with E-state index < -0.39 is 0 Å². The Morgan fingerprint density at radius 3 is 2.40 bits per heavy atom. The summed E-state index contributed by atoms with van der Waals surface area (Å²) < 4.78 is 0. The molecular formula is C11H16N2O2. The Balaban J connectivity index is 3.11. The van der Waals surface area contributed by atoms with Crippen molar-refractivity contribution in [3.8, 4) is 0 Å². The van der Waals surface area contributed by atoms with Gasteiger partial charge in [0.15, 0.2) is 0 Å². The molecule has 0 aliphatic heterocycles. The van der Waals surface area contributed by atoms with Crippen LogP contribution in [-0.4, -0.2) is 18.7 Å². The first kappa shape index (κ1) is 13.5. The number of aliphatic imine (C=N–C) groups is 2. The predicted octanol–water partition coefficient (Wildman–Crippen LogP) is 2.51. The number of carbonyl (C=O) groups excluding carboxylic acids is 2. The van der Waals surface area contributed by atoms with Gasteiger partial charge in [0, 0.05) is 6.20 Å². The van der Waals surface area contributed by atoms with Crippen LogP contribution in [0.3, 0.4) is 0 Å². The van der Waals surface area contributed by atoms with Crippen molar-refractivity contribution in [3.63, 3.8) is 0 Å². The van der Waals surface area contributed by atoms with E-state index in [1.54, 1.807) is 0 Å². The summed E-state index contributed by atoms with van der Waals surface area (Å²) in [6.07, 6.45) is 12.7. The van der Waals surface area contributed by atoms with Crippen LogP contribution in [0, 0.1) is 0 Å². The van der Waals surface area contributed by atoms with Gasteiger partial charge in [0.2, 0.25) is 12.2 Å². The average molecular weight is 208 g/mol. The molecule has 0 unspecified atom stereocenters. The lowest BCUT2D eigenvalue weighted by Gasteiger charge is -1.96. The van der Waals surface area contributed by atoms with Crippen molar-refractivity contribution in [2.24, 2.45) is 9.98 Å². The van der Waals surface area contributed by atoms with Crippen molar-refractivity contribution >= 4 is 12.2 Å². The topological polar surface area (TPSA) is 58.9 Å². The fourth-order valence-corrected chi connectivity index (χ4v) is 1.19. The van der Waals surface area contributed by atoms with Gasteiger partial charge in [-0.3, -0.25) is 0 Å². The molecule has 0 aromatic carbocycles. The Morgan fingerprint density at radius 1 is 0.933 bits per heavy atom. The molecule has 0 rings (SSSR count). The molecule has 0 bridgehead atoms. The third-order valence-electron chi connectivity index (χ3n) is 1.94. The third kappa shape index (κ3) is 12.5. The summed E-state index contributed by atoms with van der Waals surface area (Å²) in [6.45, 7) is 0.595. The molecule has 0 saturated carbocycles. The molecule has 0 fully saturated rings. The Labute approximate surface area is 89.8 Å². The number of hydrogen-bond donors (Lipinski definition) is 0. The maximum atomic E-state index is 9.73. The van der Waals surface area contributed by atoms with Gasteiger partial charge in [-0.05, 0) is 19.3 Å². The van der Waals surface area contributed by atoms with Gasteiger partial charge in [-0.2, -0.15) is 4.99 Å². The lowest BCUT2D eigenvalue weighted by Crippen LogP contribution is -1.82. The summed E-state index contributed by atoms with van der Waals surface area (Å²) in [7, 11) is 0. The van der Waals surface area contributed by atoms with E-state index in [9.17, 15) is 9.59 Å². The second kappa shape index (κ2) is 12.5. The normalized spacial score (nSPS) is 9.60. The van der Waals surface area contributed by atoms with E-state index in [4.69, 9.17) is 0 Å². The number of allylic oxidation sites excluding steroid dienone is 1. The second-order valence-electron chi connectivity index (χ2n) is 3.13. The molecule has 0 heterocycles. The average Bonchev–Trinajstić information content (AvgIpc) is 2.26. The molecule has 0 aliphatic carbocycles. The minimum atomic E-state index is 0.595. The van der Waals surface area contributed by atoms with Crippen LogP contribution in [0.4, 0.5) is 0 Å². The molecule has 82 valence electrons. The van der Waals surface area contributed by atoms with Crippen molar-refractivity contribution in [1.82, 2.24) is 0 Å². The highest BCUT2D eigenvalue weighted by atomic mass is 16.1. The zero-order chi connectivity index (χ0) is 11.2. The first-order chi connectivity index (χ1) is 7.41.